The van der Waals surface area contributed by atoms with E-state index in [2.05, 4.69) is 5.32 Å². The average Bonchev–Trinajstić information content (AvgIpc) is 3.46. The van der Waals surface area contributed by atoms with Gasteiger partial charge in [-0.3, -0.25) is 4.79 Å². The lowest BCUT2D eigenvalue weighted by molar-refractivity contribution is 0.0951. The predicted octanol–water partition coefficient (Wildman–Crippen LogP) is 7.22. The number of furan rings is 1. The molecule has 4 nitrogen and oxygen atoms in total. The van der Waals surface area contributed by atoms with Crippen LogP contribution in [0, 0.1) is 0 Å². The number of thiophene rings is 1. The van der Waals surface area contributed by atoms with Crippen LogP contribution in [0.25, 0.3) is 11.3 Å². The van der Waals surface area contributed by atoms with Crippen LogP contribution in [0.5, 0.6) is 0 Å². The normalized spacial score (nSPS) is 13.2. The number of nitrogens with one attached hydrogen (secondary N) is 1. The van der Waals surface area contributed by atoms with Gasteiger partial charge in [0.15, 0.2) is 0 Å². The van der Waals surface area contributed by atoms with Gasteiger partial charge in [-0.25, -0.2) is 4.99 Å². The van der Waals surface area contributed by atoms with Crippen molar-refractivity contribution in [1.29, 1.82) is 0 Å². The van der Waals surface area contributed by atoms with Crippen LogP contribution < -0.4 is 5.32 Å². The number of nitrogens with zero attached hydrogens (tertiary/aromatic N) is 1. The number of aliphatic imine (C=N–C) groups is 1. The summed E-state index contributed by atoms with van der Waals surface area (Å²) >= 11 is 7.72. The zero-order valence-electron chi connectivity index (χ0n) is 18.0. The van der Waals surface area contributed by atoms with Crippen LogP contribution in [0.4, 0.5) is 5.00 Å². The van der Waals surface area contributed by atoms with E-state index < -0.39 is 0 Å². The van der Waals surface area contributed by atoms with Crippen molar-refractivity contribution in [1.82, 2.24) is 5.32 Å². The molecule has 0 bridgehead atoms. The Labute approximate surface area is 201 Å². The molecule has 0 saturated carbocycles. The molecule has 0 unspecified atom stereocenters. The number of rotatable bonds is 6. The number of carbonyl (C=O) groups excluding carboxylic acids is 1. The second kappa shape index (κ2) is 9.77. The van der Waals surface area contributed by atoms with Crippen molar-refractivity contribution in [2.75, 3.05) is 0 Å². The Morgan fingerprint density at radius 1 is 1.06 bits per heavy atom. The molecule has 1 N–H and O–H groups in total. The lowest BCUT2D eigenvalue weighted by Gasteiger charge is -2.12. The summed E-state index contributed by atoms with van der Waals surface area (Å²) in [7, 11) is 0. The van der Waals surface area contributed by atoms with Crippen LogP contribution in [0.3, 0.4) is 0 Å². The molecule has 33 heavy (non-hydrogen) atoms. The molecule has 0 radical (unpaired) electrons. The van der Waals surface area contributed by atoms with Crippen LogP contribution in [0.1, 0.15) is 45.0 Å². The molecule has 1 amide bonds. The summed E-state index contributed by atoms with van der Waals surface area (Å²) in [5.41, 5.74) is 3.85. The monoisotopic (exact) mass is 474 g/mol. The minimum absolute atomic E-state index is 0.0653. The number of amides is 1. The van der Waals surface area contributed by atoms with E-state index in [9.17, 15) is 4.79 Å². The highest BCUT2D eigenvalue weighted by Gasteiger charge is 2.25. The second-order valence-electron chi connectivity index (χ2n) is 8.03. The molecule has 0 aliphatic heterocycles. The maximum absolute atomic E-state index is 13.2. The molecule has 2 heterocycles. The van der Waals surface area contributed by atoms with E-state index in [1.54, 1.807) is 17.6 Å². The largest absolute Gasteiger partial charge is 0.455 e. The standard InChI is InChI=1S/C27H23ClN2O2S/c28-20-10-6-9-19(15-20)23-14-13-21(32-23)17-30-27-25(22-11-4-5-12-24(22)33-27)26(31)29-16-18-7-2-1-3-8-18/h1-3,6-10,13-15,17H,4-5,11-12,16H2,(H,29,31)/b30-17-. The first-order chi connectivity index (χ1) is 16.2. The van der Waals surface area contributed by atoms with Gasteiger partial charge in [0, 0.05) is 22.0 Å². The quantitative estimate of drug-likeness (QED) is 0.300. The van der Waals surface area contributed by atoms with Crippen molar-refractivity contribution in [3.63, 3.8) is 0 Å². The number of halogens is 1. The number of fused-ring (bicyclic) bond motifs is 1. The van der Waals surface area contributed by atoms with Gasteiger partial charge in [-0.2, -0.15) is 0 Å². The third-order valence-corrected chi connectivity index (χ3v) is 7.16. The highest BCUT2D eigenvalue weighted by atomic mass is 35.5. The molecule has 4 aromatic rings. The van der Waals surface area contributed by atoms with E-state index in [-0.39, 0.29) is 5.91 Å². The van der Waals surface area contributed by atoms with Crippen molar-refractivity contribution in [3.05, 3.63) is 99.1 Å². The van der Waals surface area contributed by atoms with Crippen LogP contribution in [0.15, 0.2) is 76.1 Å². The van der Waals surface area contributed by atoms with Gasteiger partial charge in [0.2, 0.25) is 0 Å². The molecule has 6 heteroatoms. The van der Waals surface area contributed by atoms with Gasteiger partial charge in [-0.1, -0.05) is 54.1 Å². The van der Waals surface area contributed by atoms with Crippen LogP contribution in [-0.4, -0.2) is 12.1 Å². The number of carbonyl (C=O) groups is 1. The van der Waals surface area contributed by atoms with Crippen molar-refractivity contribution >= 4 is 40.1 Å². The first-order valence-electron chi connectivity index (χ1n) is 11.0. The van der Waals surface area contributed by atoms with Gasteiger partial charge < -0.3 is 9.73 Å². The Bertz CT molecular complexity index is 1310. The summed E-state index contributed by atoms with van der Waals surface area (Å²) < 4.78 is 5.95. The van der Waals surface area contributed by atoms with Crippen molar-refractivity contribution in [3.8, 4) is 11.3 Å². The maximum Gasteiger partial charge on any atom is 0.254 e. The fourth-order valence-electron chi connectivity index (χ4n) is 4.08. The van der Waals surface area contributed by atoms with E-state index in [1.807, 2.05) is 66.7 Å². The number of aryl methyl sites for hydroxylation is 1. The zero-order valence-corrected chi connectivity index (χ0v) is 19.6. The molecule has 5 rings (SSSR count). The molecule has 2 aromatic heterocycles. The second-order valence-corrected chi connectivity index (χ2v) is 9.55. The van der Waals surface area contributed by atoms with Crippen LogP contribution >= 0.6 is 22.9 Å². The van der Waals surface area contributed by atoms with Gasteiger partial charge in [0.05, 0.1) is 11.8 Å². The molecule has 166 valence electrons. The van der Waals surface area contributed by atoms with Gasteiger partial charge in [0.1, 0.15) is 16.5 Å². The minimum atomic E-state index is -0.0653. The predicted molar refractivity (Wildman–Crippen MR) is 135 cm³/mol. The summed E-state index contributed by atoms with van der Waals surface area (Å²) in [4.78, 5) is 19.2. The maximum atomic E-state index is 13.2. The van der Waals surface area contributed by atoms with E-state index in [0.717, 1.165) is 53.1 Å². The van der Waals surface area contributed by atoms with Gasteiger partial charge >= 0.3 is 0 Å². The van der Waals surface area contributed by atoms with Crippen LogP contribution in [-0.2, 0) is 19.4 Å². The number of hydrogen-bond donors (Lipinski definition) is 1. The fourth-order valence-corrected chi connectivity index (χ4v) is 5.51. The van der Waals surface area contributed by atoms with Gasteiger partial charge in [-0.15, -0.1) is 11.3 Å². The average molecular weight is 475 g/mol. The van der Waals surface area contributed by atoms with Crippen molar-refractivity contribution in [2.24, 2.45) is 4.99 Å². The van der Waals surface area contributed by atoms with E-state index in [0.29, 0.717) is 22.9 Å². The summed E-state index contributed by atoms with van der Waals surface area (Å²) in [6.07, 6.45) is 5.89. The van der Waals surface area contributed by atoms with E-state index in [4.69, 9.17) is 21.0 Å². The lowest BCUT2D eigenvalue weighted by Crippen LogP contribution is -2.24. The summed E-state index contributed by atoms with van der Waals surface area (Å²) in [5.74, 6) is 1.29. The lowest BCUT2D eigenvalue weighted by atomic mass is 9.95. The minimum Gasteiger partial charge on any atom is -0.455 e. The molecular formula is C27H23ClN2O2S. The SMILES string of the molecule is O=C(NCc1ccccc1)c1c(/N=C\c2ccc(-c3cccc(Cl)c3)o2)sc2c1CCCC2. The summed E-state index contributed by atoms with van der Waals surface area (Å²) in [6, 6.07) is 21.3. The molecular weight excluding hydrogens is 452 g/mol. The molecule has 0 saturated heterocycles. The van der Waals surface area contributed by atoms with Crippen molar-refractivity contribution < 1.29 is 9.21 Å². The highest BCUT2D eigenvalue weighted by Crippen LogP contribution is 2.40. The molecule has 2 aromatic carbocycles. The zero-order chi connectivity index (χ0) is 22.6. The van der Waals surface area contributed by atoms with Crippen molar-refractivity contribution in [2.45, 2.75) is 32.2 Å². The number of hydrogen-bond acceptors (Lipinski definition) is 4. The summed E-state index contributed by atoms with van der Waals surface area (Å²) in [6.45, 7) is 0.495. The van der Waals surface area contributed by atoms with Gasteiger partial charge in [0.25, 0.3) is 5.91 Å². The Morgan fingerprint density at radius 3 is 2.76 bits per heavy atom. The molecule has 1 aliphatic carbocycles. The van der Waals surface area contributed by atoms with E-state index in [1.165, 1.54) is 4.88 Å². The molecule has 0 spiro atoms. The topological polar surface area (TPSA) is 54.6 Å². The van der Waals surface area contributed by atoms with Gasteiger partial charge in [-0.05, 0) is 61.1 Å². The Morgan fingerprint density at radius 2 is 1.91 bits per heavy atom. The smallest absolute Gasteiger partial charge is 0.254 e. The number of benzene rings is 2. The molecule has 0 atom stereocenters. The highest BCUT2D eigenvalue weighted by molar-refractivity contribution is 7.16. The molecule has 1 aliphatic rings. The summed E-state index contributed by atoms with van der Waals surface area (Å²) in [5, 5.41) is 4.48. The third-order valence-electron chi connectivity index (χ3n) is 5.72. The first kappa shape index (κ1) is 21.7. The Hall–Kier alpha value is -3.15. The third kappa shape index (κ3) is 4.95. The Balaban J connectivity index is 1.39. The Kier molecular flexibility index (Phi) is 6.42. The fraction of sp³-hybridized carbons (Fsp3) is 0.185. The van der Waals surface area contributed by atoms with E-state index >= 15 is 0 Å². The van der Waals surface area contributed by atoms with Crippen LogP contribution in [0.2, 0.25) is 5.02 Å². The first-order valence-corrected chi connectivity index (χ1v) is 12.2. The molecule has 0 fully saturated rings.